The van der Waals surface area contributed by atoms with Crippen LogP contribution in [0, 0.1) is 5.82 Å². The monoisotopic (exact) mass is 652 g/mol. The molecule has 1 atom stereocenters. The predicted octanol–water partition coefficient (Wildman–Crippen LogP) is 5.36. The number of benzene rings is 4. The van der Waals surface area contributed by atoms with Crippen LogP contribution in [0.3, 0.4) is 0 Å². The van der Waals surface area contributed by atoms with Gasteiger partial charge in [-0.1, -0.05) is 66.7 Å². The van der Waals surface area contributed by atoms with Crippen LogP contribution in [-0.4, -0.2) is 42.8 Å². The van der Waals surface area contributed by atoms with Gasteiger partial charge in [0.1, 0.15) is 17.6 Å². The van der Waals surface area contributed by atoms with Crippen LogP contribution in [0.5, 0.6) is 5.75 Å². The number of rotatable bonds is 14. The number of ether oxygens (including phenoxy) is 1. The van der Waals surface area contributed by atoms with Gasteiger partial charge in [-0.25, -0.2) is 12.8 Å². The molecule has 0 spiro atoms. The Balaban J connectivity index is 1.33. The van der Waals surface area contributed by atoms with Crippen LogP contribution < -0.4 is 14.8 Å². The number of nitrogens with one attached hydrogen (secondary N) is 2. The van der Waals surface area contributed by atoms with Crippen LogP contribution in [0.2, 0.25) is 0 Å². The fourth-order valence-corrected chi connectivity index (χ4v) is 5.87. The molecule has 0 unspecified atom stereocenters. The molecule has 0 fully saturated rings. The standard InChI is InChI=1S/C36H33FN4O5S/c37-29-14-16-30(17-15-29)40-47(44,45)33-20-18-32(19-21-33)46-26-35(42)41(25-28-11-5-2-6-12-28)34(23-27-9-3-1-4-10-27)36(43)39-24-31-13-7-8-22-38-31/h1-22,34,40H,23-26H2,(H,39,43)/t34-/m0/s1. The molecule has 0 saturated carbocycles. The number of hydrogen-bond acceptors (Lipinski definition) is 6. The first-order chi connectivity index (χ1) is 22.8. The summed E-state index contributed by atoms with van der Waals surface area (Å²) in [6, 6.07) is 33.9. The smallest absolute Gasteiger partial charge is 0.261 e. The topological polar surface area (TPSA) is 118 Å². The summed E-state index contributed by atoms with van der Waals surface area (Å²) in [6.45, 7) is -0.0462. The van der Waals surface area contributed by atoms with E-state index in [1.807, 2.05) is 72.8 Å². The zero-order valence-corrected chi connectivity index (χ0v) is 26.1. The fraction of sp³-hybridized carbons (Fsp3) is 0.139. The molecular formula is C36H33FN4O5S. The molecule has 240 valence electrons. The third kappa shape index (κ3) is 9.47. The molecule has 4 aromatic carbocycles. The molecule has 0 saturated heterocycles. The van der Waals surface area contributed by atoms with E-state index < -0.39 is 34.4 Å². The summed E-state index contributed by atoms with van der Waals surface area (Å²) < 4.78 is 47.0. The maximum absolute atomic E-state index is 13.9. The molecule has 1 aromatic heterocycles. The third-order valence-corrected chi connectivity index (χ3v) is 8.63. The van der Waals surface area contributed by atoms with E-state index in [-0.39, 0.29) is 41.7 Å². The first-order valence-corrected chi connectivity index (χ1v) is 16.3. The van der Waals surface area contributed by atoms with Gasteiger partial charge < -0.3 is 15.0 Å². The number of hydrogen-bond donors (Lipinski definition) is 2. The van der Waals surface area contributed by atoms with E-state index in [2.05, 4.69) is 15.0 Å². The molecule has 0 aliphatic heterocycles. The van der Waals surface area contributed by atoms with Gasteiger partial charge in [-0.05, 0) is 71.8 Å². The average Bonchev–Trinajstić information content (AvgIpc) is 3.10. The molecule has 0 bridgehead atoms. The first-order valence-electron chi connectivity index (χ1n) is 14.8. The molecule has 2 N–H and O–H groups in total. The Morgan fingerprint density at radius 3 is 2.06 bits per heavy atom. The number of sulfonamides is 1. The van der Waals surface area contributed by atoms with E-state index >= 15 is 0 Å². The molecule has 11 heteroatoms. The van der Waals surface area contributed by atoms with Crippen molar-refractivity contribution in [3.05, 3.63) is 156 Å². The van der Waals surface area contributed by atoms with Gasteiger partial charge in [0.05, 0.1) is 17.1 Å². The molecule has 0 radical (unpaired) electrons. The lowest BCUT2D eigenvalue weighted by atomic mass is 10.0. The van der Waals surface area contributed by atoms with Crippen molar-refractivity contribution in [2.75, 3.05) is 11.3 Å². The van der Waals surface area contributed by atoms with Crippen molar-refractivity contribution in [3.8, 4) is 5.75 Å². The SMILES string of the molecule is O=C(NCc1ccccn1)[C@H](Cc1ccccc1)N(Cc1ccccc1)C(=O)COc1ccc(S(=O)(=O)Nc2ccc(F)cc2)cc1. The lowest BCUT2D eigenvalue weighted by molar-refractivity contribution is -0.142. The van der Waals surface area contributed by atoms with Crippen molar-refractivity contribution in [2.24, 2.45) is 0 Å². The van der Waals surface area contributed by atoms with E-state index in [1.165, 1.54) is 41.3 Å². The van der Waals surface area contributed by atoms with Gasteiger partial charge in [0.15, 0.2) is 6.61 Å². The summed E-state index contributed by atoms with van der Waals surface area (Å²) in [5.41, 5.74) is 2.61. The maximum atomic E-state index is 13.9. The molecule has 47 heavy (non-hydrogen) atoms. The lowest BCUT2D eigenvalue weighted by Crippen LogP contribution is -2.51. The van der Waals surface area contributed by atoms with E-state index in [9.17, 15) is 22.4 Å². The van der Waals surface area contributed by atoms with Gasteiger partial charge in [-0.2, -0.15) is 0 Å². The summed E-state index contributed by atoms with van der Waals surface area (Å²) in [5.74, 6) is -0.995. The minimum atomic E-state index is -3.95. The van der Waals surface area contributed by atoms with Crippen LogP contribution >= 0.6 is 0 Å². The Morgan fingerprint density at radius 1 is 0.787 bits per heavy atom. The Bertz CT molecular complexity index is 1860. The number of carbonyl (C=O) groups excluding carboxylic acids is 2. The number of anilines is 1. The van der Waals surface area contributed by atoms with Gasteiger partial charge in [-0.3, -0.25) is 19.3 Å². The van der Waals surface area contributed by atoms with E-state index in [0.717, 1.165) is 23.3 Å². The number of nitrogens with zero attached hydrogens (tertiary/aromatic N) is 2. The van der Waals surface area contributed by atoms with Crippen molar-refractivity contribution in [1.82, 2.24) is 15.2 Å². The maximum Gasteiger partial charge on any atom is 0.261 e. The number of aromatic nitrogens is 1. The molecule has 0 aliphatic carbocycles. The van der Waals surface area contributed by atoms with Gasteiger partial charge >= 0.3 is 0 Å². The van der Waals surface area contributed by atoms with Gasteiger partial charge in [0.25, 0.3) is 15.9 Å². The molecular weight excluding hydrogens is 619 g/mol. The lowest BCUT2D eigenvalue weighted by Gasteiger charge is -2.31. The highest BCUT2D eigenvalue weighted by molar-refractivity contribution is 7.92. The molecule has 1 heterocycles. The highest BCUT2D eigenvalue weighted by atomic mass is 32.2. The number of pyridine rings is 1. The van der Waals surface area contributed by atoms with E-state index in [4.69, 9.17) is 4.74 Å². The predicted molar refractivity (Wildman–Crippen MR) is 176 cm³/mol. The van der Waals surface area contributed by atoms with Crippen molar-refractivity contribution >= 4 is 27.5 Å². The van der Waals surface area contributed by atoms with E-state index in [0.29, 0.717) is 5.69 Å². The number of halogens is 1. The second-order valence-corrected chi connectivity index (χ2v) is 12.3. The highest BCUT2D eigenvalue weighted by Crippen LogP contribution is 2.21. The van der Waals surface area contributed by atoms with Crippen molar-refractivity contribution in [2.45, 2.75) is 30.4 Å². The fourth-order valence-electron chi connectivity index (χ4n) is 4.81. The Morgan fingerprint density at radius 2 is 1.43 bits per heavy atom. The summed E-state index contributed by atoms with van der Waals surface area (Å²) in [5, 5.41) is 2.94. The van der Waals surface area contributed by atoms with Crippen molar-refractivity contribution in [3.63, 3.8) is 0 Å². The van der Waals surface area contributed by atoms with Gasteiger partial charge in [-0.15, -0.1) is 0 Å². The largest absolute Gasteiger partial charge is 0.484 e. The zero-order valence-electron chi connectivity index (χ0n) is 25.3. The molecule has 0 aliphatic rings. The summed E-state index contributed by atoms with van der Waals surface area (Å²) in [4.78, 5) is 33.4. The van der Waals surface area contributed by atoms with Crippen molar-refractivity contribution in [1.29, 1.82) is 0 Å². The number of carbonyl (C=O) groups is 2. The van der Waals surface area contributed by atoms with Crippen LogP contribution in [0.4, 0.5) is 10.1 Å². The van der Waals surface area contributed by atoms with Crippen molar-refractivity contribution < 1.29 is 27.1 Å². The minimum absolute atomic E-state index is 0.0429. The van der Waals surface area contributed by atoms with Gasteiger partial charge in [0, 0.05) is 24.8 Å². The normalized spacial score (nSPS) is 11.7. The number of amides is 2. The average molecular weight is 653 g/mol. The Labute approximate surface area is 273 Å². The quantitative estimate of drug-likeness (QED) is 0.167. The molecule has 5 rings (SSSR count). The Kier molecular flexibility index (Phi) is 10.9. The van der Waals surface area contributed by atoms with Crippen LogP contribution in [0.15, 0.2) is 138 Å². The first kappa shape index (κ1) is 32.8. The second-order valence-electron chi connectivity index (χ2n) is 10.6. The second kappa shape index (κ2) is 15.6. The molecule has 2 amide bonds. The highest BCUT2D eigenvalue weighted by Gasteiger charge is 2.31. The zero-order chi connectivity index (χ0) is 33.1. The Hall–Kier alpha value is -5.55. The summed E-state index contributed by atoms with van der Waals surface area (Å²) in [6.07, 6.45) is 1.91. The summed E-state index contributed by atoms with van der Waals surface area (Å²) in [7, 11) is -3.95. The van der Waals surface area contributed by atoms with E-state index in [1.54, 1.807) is 12.3 Å². The van der Waals surface area contributed by atoms with Crippen LogP contribution in [0.1, 0.15) is 16.8 Å². The van der Waals surface area contributed by atoms with Crippen LogP contribution in [-0.2, 0) is 39.1 Å². The minimum Gasteiger partial charge on any atom is -0.484 e. The van der Waals surface area contributed by atoms with Gasteiger partial charge in [0.2, 0.25) is 5.91 Å². The third-order valence-electron chi connectivity index (χ3n) is 7.23. The van der Waals surface area contributed by atoms with Crippen LogP contribution in [0.25, 0.3) is 0 Å². The molecule has 5 aromatic rings. The summed E-state index contributed by atoms with van der Waals surface area (Å²) >= 11 is 0. The molecule has 9 nitrogen and oxygen atoms in total.